The first kappa shape index (κ1) is 38.3. The van der Waals surface area contributed by atoms with E-state index in [1.807, 2.05) is 12.3 Å². The molecule has 0 radical (unpaired) electrons. The van der Waals surface area contributed by atoms with Gasteiger partial charge in [-0.15, -0.1) is 41.3 Å². The maximum atomic E-state index is 6.74. The fraction of sp³-hybridized carbons (Fsp3) is 0.319. The first-order valence-corrected chi connectivity index (χ1v) is 18.6. The zero-order chi connectivity index (χ0) is 36.9. The smallest absolute Gasteiger partial charge is 0.509 e. The molecule has 0 N–H and O–H groups in total. The van der Waals surface area contributed by atoms with Gasteiger partial charge < -0.3 is 9.30 Å². The summed E-state index contributed by atoms with van der Waals surface area (Å²) in [5.74, 6) is 3.13. The van der Waals surface area contributed by atoms with Crippen LogP contribution in [0.5, 0.6) is 11.5 Å². The topological polar surface area (TPSA) is 44.9 Å². The van der Waals surface area contributed by atoms with E-state index < -0.39 is 0 Å². The fourth-order valence-electron chi connectivity index (χ4n) is 7.49. The minimum absolute atomic E-state index is 0. The van der Waals surface area contributed by atoms with Gasteiger partial charge in [-0.05, 0) is 102 Å². The Bertz CT molecular complexity index is 2400. The summed E-state index contributed by atoms with van der Waals surface area (Å²) in [6.07, 6.45) is 3.79. The second-order valence-electron chi connectivity index (χ2n) is 16.2. The van der Waals surface area contributed by atoms with Crippen molar-refractivity contribution < 1.29 is 25.8 Å². The summed E-state index contributed by atoms with van der Waals surface area (Å²) >= 11 is 0. The van der Waals surface area contributed by atoms with Crippen LogP contribution >= 0.6 is 0 Å². The molecule has 274 valence electrons. The van der Waals surface area contributed by atoms with E-state index >= 15 is 0 Å². The number of aromatic nitrogens is 4. The van der Waals surface area contributed by atoms with E-state index in [0.717, 1.165) is 57.4 Å². The van der Waals surface area contributed by atoms with E-state index in [9.17, 15) is 0 Å². The number of para-hydroxylation sites is 1. The van der Waals surface area contributed by atoms with Crippen molar-refractivity contribution in [2.24, 2.45) is 11.8 Å². The van der Waals surface area contributed by atoms with Gasteiger partial charge in [0.05, 0.1) is 11.4 Å². The molecule has 5 nitrogen and oxygen atoms in total. The minimum Gasteiger partial charge on any atom is -0.509 e. The van der Waals surface area contributed by atoms with E-state index in [1.165, 1.54) is 33.5 Å². The molecular weight excluding hydrogens is 832 g/mol. The summed E-state index contributed by atoms with van der Waals surface area (Å²) < 4.78 is 11.1. The molecule has 0 aliphatic heterocycles. The molecule has 0 atom stereocenters. The predicted molar refractivity (Wildman–Crippen MR) is 215 cm³/mol. The average molecular weight is 882 g/mol. The van der Waals surface area contributed by atoms with Gasteiger partial charge in [-0.2, -0.15) is 11.2 Å². The quantitative estimate of drug-likeness (QED) is 0.136. The molecule has 4 aromatic carbocycles. The second-order valence-corrected chi connectivity index (χ2v) is 16.2. The molecule has 0 saturated carbocycles. The summed E-state index contributed by atoms with van der Waals surface area (Å²) in [4.78, 5) is 4.84. The summed E-state index contributed by atoms with van der Waals surface area (Å²) in [6.45, 7) is 22.3. The Labute approximate surface area is 329 Å². The number of aryl methyl sites for hydroxylation is 3. The Hall–Kier alpha value is -4.47. The molecule has 0 bridgehead atoms. The van der Waals surface area contributed by atoms with E-state index in [2.05, 4.69) is 163 Å². The fourth-order valence-corrected chi connectivity index (χ4v) is 7.49. The molecule has 0 aliphatic carbocycles. The Morgan fingerprint density at radius 1 is 0.736 bits per heavy atom. The summed E-state index contributed by atoms with van der Waals surface area (Å²) in [6, 6.07) is 35.1. The van der Waals surface area contributed by atoms with E-state index in [0.29, 0.717) is 23.3 Å². The number of pyridine rings is 1. The van der Waals surface area contributed by atoms with Crippen LogP contribution in [0.3, 0.4) is 0 Å². The summed E-state index contributed by atoms with van der Waals surface area (Å²) in [5, 5.41) is 7.48. The van der Waals surface area contributed by atoms with Crippen LogP contribution in [0, 0.1) is 44.7 Å². The number of rotatable bonds is 9. The molecule has 7 aromatic rings. The molecule has 53 heavy (non-hydrogen) atoms. The van der Waals surface area contributed by atoms with Gasteiger partial charge in [0, 0.05) is 28.8 Å². The van der Waals surface area contributed by atoms with Crippen molar-refractivity contribution in [3.8, 4) is 34.1 Å². The van der Waals surface area contributed by atoms with Crippen LogP contribution < -0.4 is 4.74 Å². The van der Waals surface area contributed by atoms with Crippen LogP contribution in [0.2, 0.25) is 0 Å². The third-order valence-electron chi connectivity index (χ3n) is 9.87. The molecule has 0 aliphatic rings. The monoisotopic (exact) mass is 881 g/mol. The standard InChI is InChI=1S/C47H50N4O.Pt/c1-29(2)22-34-20-21-48-44(24-34)50-41-17-12-11-16-39(41)40-19-18-37(28-42(40)50)52-38-26-35(47(8,9)10)25-36(27-38)51-43(23-30(3)4)46(33(7)49-51)45-31(5)14-13-15-32(45)6;/h11-21,24-26,29-30H,22-23H2,1-10H3;/q-2;+2. The van der Waals surface area contributed by atoms with Gasteiger partial charge in [-0.25, -0.2) is 4.98 Å². The molecule has 3 aromatic heterocycles. The van der Waals surface area contributed by atoms with Crippen LogP contribution in [-0.4, -0.2) is 19.3 Å². The second kappa shape index (κ2) is 15.1. The van der Waals surface area contributed by atoms with Gasteiger partial charge in [-0.1, -0.05) is 90.4 Å². The molecular formula is C47H50N4OPt. The van der Waals surface area contributed by atoms with Crippen molar-refractivity contribution in [1.82, 2.24) is 19.3 Å². The zero-order valence-corrected chi connectivity index (χ0v) is 34.9. The van der Waals surface area contributed by atoms with Gasteiger partial charge in [0.1, 0.15) is 5.82 Å². The Balaban J connectivity index is 0.00000481. The summed E-state index contributed by atoms with van der Waals surface area (Å²) in [5.41, 5.74) is 12.4. The normalized spacial score (nSPS) is 11.9. The summed E-state index contributed by atoms with van der Waals surface area (Å²) in [7, 11) is 0. The molecule has 0 fully saturated rings. The molecule has 0 saturated heterocycles. The number of ether oxygens (including phenoxy) is 1. The van der Waals surface area contributed by atoms with Crippen LogP contribution in [0.1, 0.15) is 82.1 Å². The van der Waals surface area contributed by atoms with Crippen molar-refractivity contribution in [3.05, 3.63) is 131 Å². The number of nitrogens with zero attached hydrogens (tertiary/aromatic N) is 4. The zero-order valence-electron chi connectivity index (χ0n) is 32.7. The van der Waals surface area contributed by atoms with Crippen LogP contribution in [0.15, 0.2) is 85.1 Å². The number of hydrogen-bond donors (Lipinski definition) is 0. The molecule has 3 heterocycles. The first-order chi connectivity index (χ1) is 24.8. The molecule has 0 unspecified atom stereocenters. The van der Waals surface area contributed by atoms with E-state index in [-0.39, 0.29) is 26.5 Å². The van der Waals surface area contributed by atoms with Gasteiger partial charge >= 0.3 is 21.1 Å². The minimum atomic E-state index is -0.134. The number of benzene rings is 4. The number of hydrogen-bond acceptors (Lipinski definition) is 3. The van der Waals surface area contributed by atoms with E-state index in [4.69, 9.17) is 14.8 Å². The Kier molecular flexibility index (Phi) is 10.9. The molecule has 0 amide bonds. The van der Waals surface area contributed by atoms with Crippen molar-refractivity contribution in [1.29, 1.82) is 0 Å². The van der Waals surface area contributed by atoms with Crippen LogP contribution in [-0.2, 0) is 39.3 Å². The molecule has 6 heteroatoms. The third kappa shape index (κ3) is 7.64. The maximum Gasteiger partial charge on any atom is 2.00 e. The van der Waals surface area contributed by atoms with Crippen LogP contribution in [0.25, 0.3) is 44.4 Å². The molecule has 0 spiro atoms. The van der Waals surface area contributed by atoms with Gasteiger partial charge in [0.15, 0.2) is 0 Å². The van der Waals surface area contributed by atoms with Crippen molar-refractivity contribution in [2.45, 2.75) is 87.5 Å². The third-order valence-corrected chi connectivity index (χ3v) is 9.87. The average Bonchev–Trinajstić information content (AvgIpc) is 3.57. The first-order valence-electron chi connectivity index (χ1n) is 18.6. The maximum absolute atomic E-state index is 6.74. The predicted octanol–water partition coefficient (Wildman–Crippen LogP) is 12.0. The SMILES string of the molecule is Cc1cccc(C)c1-c1c(C)nn(-c2[c-]c(Oc3[c-]c4c(cc3)c3ccccc3n4-c3cc(CC(C)C)ccn3)cc(C(C)(C)C)c2)c1CC(C)C.[Pt+2]. The Morgan fingerprint density at radius 3 is 2.15 bits per heavy atom. The molecule has 7 rings (SSSR count). The van der Waals surface area contributed by atoms with Crippen molar-refractivity contribution in [2.75, 3.05) is 0 Å². The largest absolute Gasteiger partial charge is 2.00 e. The van der Waals surface area contributed by atoms with Crippen molar-refractivity contribution in [3.63, 3.8) is 0 Å². The van der Waals surface area contributed by atoms with Gasteiger partial charge in [0.2, 0.25) is 0 Å². The van der Waals surface area contributed by atoms with Crippen LogP contribution in [0.4, 0.5) is 0 Å². The van der Waals surface area contributed by atoms with E-state index in [1.54, 1.807) is 0 Å². The van der Waals surface area contributed by atoms with Crippen molar-refractivity contribution >= 4 is 21.8 Å². The number of fused-ring (bicyclic) bond motifs is 3. The van der Waals surface area contributed by atoms with Gasteiger partial charge in [0.25, 0.3) is 0 Å². The Morgan fingerprint density at radius 2 is 1.45 bits per heavy atom. The van der Waals surface area contributed by atoms with Gasteiger partial charge in [-0.3, -0.25) is 4.68 Å².